The molecule has 2 aromatic rings. The predicted molar refractivity (Wildman–Crippen MR) is 106 cm³/mol. The van der Waals surface area contributed by atoms with Crippen molar-refractivity contribution in [1.29, 1.82) is 0 Å². The van der Waals surface area contributed by atoms with Crippen molar-refractivity contribution < 1.29 is 49.2 Å². The Bertz CT molecular complexity index is 1040. The van der Waals surface area contributed by atoms with E-state index in [-0.39, 0.29) is 37.5 Å². The van der Waals surface area contributed by atoms with Crippen molar-refractivity contribution >= 4 is 23.3 Å². The first-order chi connectivity index (χ1) is 15.8. The van der Waals surface area contributed by atoms with Crippen LogP contribution in [0.5, 0.6) is 0 Å². The summed E-state index contributed by atoms with van der Waals surface area (Å²) in [6.07, 6.45) is 0.130. The zero-order valence-electron chi connectivity index (χ0n) is 16.9. The van der Waals surface area contributed by atoms with Crippen LogP contribution in [-0.2, 0) is 32.6 Å². The number of hydrogen-bond donors (Lipinski definition) is 2. The van der Waals surface area contributed by atoms with E-state index in [0.717, 1.165) is 12.1 Å². The summed E-state index contributed by atoms with van der Waals surface area (Å²) in [5.74, 6) is -2.69. The number of benzene rings is 2. The van der Waals surface area contributed by atoms with Crippen molar-refractivity contribution in [3.63, 3.8) is 0 Å². The Balaban J connectivity index is 1.84. The minimum atomic E-state index is -1.64. The maximum Gasteiger partial charge on any atom is 0.343 e. The van der Waals surface area contributed by atoms with Crippen LogP contribution in [0.25, 0.3) is 0 Å². The van der Waals surface area contributed by atoms with Crippen molar-refractivity contribution in [1.82, 2.24) is 0 Å². The Morgan fingerprint density at radius 2 is 1.58 bits per heavy atom. The highest BCUT2D eigenvalue weighted by molar-refractivity contribution is 6.05. The van der Waals surface area contributed by atoms with Gasteiger partial charge in [-0.15, -0.1) is 0 Å². The van der Waals surface area contributed by atoms with Crippen molar-refractivity contribution in [2.75, 3.05) is 13.2 Å². The summed E-state index contributed by atoms with van der Waals surface area (Å²) in [5.41, 5.74) is -1.78. The molecule has 33 heavy (non-hydrogen) atoms. The SMILES string of the molecule is O=C(OCCCOOCc1cccc([N+](=O)[O-])c1COO)c1cccc([N+](=O)[O-])c1C(=O)O. The highest BCUT2D eigenvalue weighted by Crippen LogP contribution is 2.24. The first kappa shape index (κ1) is 25.3. The summed E-state index contributed by atoms with van der Waals surface area (Å²) in [6.45, 7) is -0.892. The van der Waals surface area contributed by atoms with Gasteiger partial charge in [-0.05, 0) is 11.6 Å². The van der Waals surface area contributed by atoms with Gasteiger partial charge in [0.1, 0.15) is 13.2 Å². The number of rotatable bonds is 13. The van der Waals surface area contributed by atoms with Crippen LogP contribution < -0.4 is 0 Å². The summed E-state index contributed by atoms with van der Waals surface area (Å²) in [4.78, 5) is 57.9. The summed E-state index contributed by atoms with van der Waals surface area (Å²) in [6, 6.07) is 7.42. The fourth-order valence-corrected chi connectivity index (χ4v) is 2.77. The fraction of sp³-hybridized carbons (Fsp3) is 0.263. The summed E-state index contributed by atoms with van der Waals surface area (Å²) in [7, 11) is 0. The first-order valence-electron chi connectivity index (χ1n) is 9.21. The molecule has 0 heterocycles. The van der Waals surface area contributed by atoms with E-state index in [9.17, 15) is 34.9 Å². The van der Waals surface area contributed by atoms with Gasteiger partial charge in [-0.1, -0.05) is 18.2 Å². The molecule has 0 aliphatic carbocycles. The van der Waals surface area contributed by atoms with Gasteiger partial charge in [0.2, 0.25) is 0 Å². The lowest BCUT2D eigenvalue weighted by atomic mass is 10.1. The molecule has 0 bridgehead atoms. The monoisotopic (exact) mass is 466 g/mol. The second-order valence-corrected chi connectivity index (χ2v) is 6.28. The van der Waals surface area contributed by atoms with Crippen molar-refractivity contribution in [3.05, 3.63) is 78.9 Å². The van der Waals surface area contributed by atoms with Gasteiger partial charge in [-0.25, -0.2) is 24.3 Å². The summed E-state index contributed by atoms with van der Waals surface area (Å²) in [5, 5.41) is 39.9. The zero-order valence-corrected chi connectivity index (χ0v) is 16.9. The third-order valence-corrected chi connectivity index (χ3v) is 4.23. The first-order valence-corrected chi connectivity index (χ1v) is 9.21. The summed E-state index contributed by atoms with van der Waals surface area (Å²) >= 11 is 0. The normalized spacial score (nSPS) is 10.6. The van der Waals surface area contributed by atoms with Gasteiger partial charge in [0.25, 0.3) is 11.4 Å². The van der Waals surface area contributed by atoms with Gasteiger partial charge >= 0.3 is 11.9 Å². The Hall–Kier alpha value is -3.98. The molecule has 0 atom stereocenters. The van der Waals surface area contributed by atoms with E-state index >= 15 is 0 Å². The van der Waals surface area contributed by atoms with Crippen molar-refractivity contribution in [2.45, 2.75) is 19.6 Å². The molecule has 2 N–H and O–H groups in total. The second kappa shape index (κ2) is 12.2. The number of hydrogen-bond acceptors (Lipinski definition) is 11. The van der Waals surface area contributed by atoms with Crippen molar-refractivity contribution in [3.8, 4) is 0 Å². The number of carboxylic acids is 1. The lowest BCUT2D eigenvalue weighted by Gasteiger charge is -2.10. The molecule has 0 fully saturated rings. The molecule has 0 aliphatic heterocycles. The van der Waals surface area contributed by atoms with Crippen LogP contribution in [0, 0.1) is 20.2 Å². The van der Waals surface area contributed by atoms with Gasteiger partial charge in [-0.3, -0.25) is 25.5 Å². The Morgan fingerprint density at radius 3 is 2.21 bits per heavy atom. The number of ether oxygens (including phenoxy) is 1. The van der Waals surface area contributed by atoms with Gasteiger partial charge < -0.3 is 9.84 Å². The van der Waals surface area contributed by atoms with Crippen LogP contribution >= 0.6 is 0 Å². The molecule has 0 saturated carbocycles. The van der Waals surface area contributed by atoms with Crippen LogP contribution in [0.3, 0.4) is 0 Å². The van der Waals surface area contributed by atoms with Gasteiger partial charge in [0.05, 0.1) is 34.2 Å². The highest BCUT2D eigenvalue weighted by Gasteiger charge is 2.27. The van der Waals surface area contributed by atoms with E-state index in [0.29, 0.717) is 5.56 Å². The van der Waals surface area contributed by atoms with Crippen molar-refractivity contribution in [2.24, 2.45) is 0 Å². The number of nitro benzene ring substituents is 2. The standard InChI is InChI=1S/C19H18N2O12/c22-18(23)17-13(5-2-7-16(17)21(27)28)19(24)30-8-3-9-32-33-10-12-4-1-6-15(20(25)26)14(12)11-31-29/h1-2,4-7,29H,3,8-11H2,(H,22,23). The molecule has 0 radical (unpaired) electrons. The van der Waals surface area contributed by atoms with Gasteiger partial charge in [0.15, 0.2) is 5.56 Å². The molecule has 176 valence electrons. The Morgan fingerprint density at radius 1 is 0.909 bits per heavy atom. The van der Waals surface area contributed by atoms with E-state index in [1.54, 1.807) is 0 Å². The lowest BCUT2D eigenvalue weighted by Crippen LogP contribution is -2.15. The number of nitro groups is 2. The topological polar surface area (TPSA) is 198 Å². The molecule has 0 aliphatic rings. The van der Waals surface area contributed by atoms with Crippen LogP contribution in [-0.4, -0.2) is 45.4 Å². The van der Waals surface area contributed by atoms with E-state index in [1.807, 2.05) is 0 Å². The molecule has 0 saturated heterocycles. The maximum absolute atomic E-state index is 12.1. The highest BCUT2D eigenvalue weighted by atomic mass is 17.2. The molecule has 14 heteroatoms. The maximum atomic E-state index is 12.1. The average molecular weight is 466 g/mol. The largest absolute Gasteiger partial charge is 0.477 e. The Labute approximate surface area is 185 Å². The molecular weight excluding hydrogens is 448 g/mol. The van der Waals surface area contributed by atoms with Gasteiger partial charge in [0, 0.05) is 18.6 Å². The molecule has 0 amide bonds. The second-order valence-electron chi connectivity index (χ2n) is 6.28. The number of aromatic carboxylic acids is 1. The number of nitrogens with zero attached hydrogens (tertiary/aromatic N) is 2. The number of esters is 1. The minimum Gasteiger partial charge on any atom is -0.477 e. The third-order valence-electron chi connectivity index (χ3n) is 4.23. The Kier molecular flexibility index (Phi) is 9.31. The lowest BCUT2D eigenvalue weighted by molar-refractivity contribution is -0.387. The number of carboxylic acid groups (broad SMARTS) is 1. The fourth-order valence-electron chi connectivity index (χ4n) is 2.77. The van der Waals surface area contributed by atoms with Crippen LogP contribution in [0.15, 0.2) is 36.4 Å². The number of carbonyl (C=O) groups is 2. The molecule has 0 unspecified atom stereocenters. The van der Waals surface area contributed by atoms with E-state index in [1.165, 1.54) is 24.3 Å². The van der Waals surface area contributed by atoms with Crippen LogP contribution in [0.4, 0.5) is 11.4 Å². The van der Waals surface area contributed by atoms with E-state index < -0.39 is 45.2 Å². The average Bonchev–Trinajstić information content (AvgIpc) is 2.78. The minimum absolute atomic E-state index is 0.0607. The predicted octanol–water partition coefficient (Wildman–Crippen LogP) is 2.89. The van der Waals surface area contributed by atoms with Crippen LogP contribution in [0.2, 0.25) is 0 Å². The molecule has 2 aromatic carbocycles. The molecular formula is C19H18N2O12. The molecule has 14 nitrogen and oxygen atoms in total. The molecule has 0 spiro atoms. The molecule has 0 aromatic heterocycles. The van der Waals surface area contributed by atoms with Crippen LogP contribution in [0.1, 0.15) is 38.3 Å². The smallest absolute Gasteiger partial charge is 0.343 e. The van der Waals surface area contributed by atoms with Gasteiger partial charge in [-0.2, -0.15) is 0 Å². The number of carbonyl (C=O) groups excluding carboxylic acids is 1. The molecule has 2 rings (SSSR count). The zero-order chi connectivity index (χ0) is 24.4. The summed E-state index contributed by atoms with van der Waals surface area (Å²) < 4.78 is 4.93. The van der Waals surface area contributed by atoms with E-state index in [2.05, 4.69) is 4.89 Å². The van der Waals surface area contributed by atoms with E-state index in [4.69, 9.17) is 19.8 Å². The third kappa shape index (κ3) is 6.75. The quantitative estimate of drug-likeness (QED) is 0.144.